The minimum Gasteiger partial charge on any atom is -0.493 e. The van der Waals surface area contributed by atoms with E-state index in [0.717, 1.165) is 25.9 Å². The van der Waals surface area contributed by atoms with Crippen molar-refractivity contribution in [1.82, 2.24) is 9.80 Å². The summed E-state index contributed by atoms with van der Waals surface area (Å²) in [6.07, 6.45) is 1.65. The first-order valence-electron chi connectivity index (χ1n) is 10.2. The fraction of sp³-hybridized carbons (Fsp3) is 0.417. The summed E-state index contributed by atoms with van der Waals surface area (Å²) in [5.41, 5.74) is 0.546. The fourth-order valence-electron chi connectivity index (χ4n) is 2.93. The van der Waals surface area contributed by atoms with Gasteiger partial charge in [-0.2, -0.15) is 0 Å². The van der Waals surface area contributed by atoms with E-state index in [1.165, 1.54) is 0 Å². The van der Waals surface area contributed by atoms with E-state index in [1.807, 2.05) is 28.2 Å². The summed E-state index contributed by atoms with van der Waals surface area (Å²) in [6, 6.07) is 13.8. The van der Waals surface area contributed by atoms with Crippen LogP contribution >= 0.6 is 0 Å². The quantitative estimate of drug-likeness (QED) is 0.285. The van der Waals surface area contributed by atoms with Crippen molar-refractivity contribution in [1.29, 1.82) is 0 Å². The predicted molar refractivity (Wildman–Crippen MR) is 119 cm³/mol. The molecule has 0 spiro atoms. The summed E-state index contributed by atoms with van der Waals surface area (Å²) in [5.74, 6) is -0.330. The van der Waals surface area contributed by atoms with E-state index in [-0.39, 0.29) is 11.1 Å². The lowest BCUT2D eigenvalue weighted by molar-refractivity contribution is 0.0811. The monoisotopic (exact) mass is 412 g/mol. The minimum atomic E-state index is -0.595. The van der Waals surface area contributed by atoms with Crippen LogP contribution < -0.4 is 9.47 Å². The average Bonchev–Trinajstić information content (AvgIpc) is 2.73. The van der Waals surface area contributed by atoms with E-state index >= 15 is 0 Å². The predicted octanol–water partition coefficient (Wildman–Crippen LogP) is 3.41. The Bertz CT molecular complexity index is 764. The summed E-state index contributed by atoms with van der Waals surface area (Å²) < 4.78 is 11.6. The van der Waals surface area contributed by atoms with Gasteiger partial charge >= 0.3 is 0 Å². The number of nitrogens with zero attached hydrogens (tertiary/aromatic N) is 2. The molecule has 2 rings (SSSR count). The number of hydrogen-bond donors (Lipinski definition) is 0. The molecule has 0 fully saturated rings. The molecule has 0 aromatic heterocycles. The minimum absolute atomic E-state index is 0.273. The highest BCUT2D eigenvalue weighted by molar-refractivity contribution is 6.50. The standard InChI is InChI=1S/C24H32N2O4/c1-25(2)15-9-17-29-21-13-7-5-11-19(21)23(27)24(28)20-12-6-8-14-22(20)30-18-10-16-26(3)4/h5-8,11-14H,9-10,15-18H2,1-4H3. The highest BCUT2D eigenvalue weighted by Gasteiger charge is 2.24. The molecule has 2 aromatic rings. The Kier molecular flexibility index (Phi) is 9.51. The van der Waals surface area contributed by atoms with E-state index in [4.69, 9.17) is 9.47 Å². The average molecular weight is 413 g/mol. The van der Waals surface area contributed by atoms with Gasteiger partial charge in [0.05, 0.1) is 24.3 Å². The van der Waals surface area contributed by atoms with Gasteiger partial charge in [-0.1, -0.05) is 24.3 Å². The number of ketones is 2. The second kappa shape index (κ2) is 12.1. The van der Waals surface area contributed by atoms with Gasteiger partial charge in [0, 0.05) is 13.1 Å². The molecule has 30 heavy (non-hydrogen) atoms. The zero-order chi connectivity index (χ0) is 21.9. The van der Waals surface area contributed by atoms with E-state index in [2.05, 4.69) is 9.80 Å². The second-order valence-electron chi connectivity index (χ2n) is 7.66. The summed E-state index contributed by atoms with van der Waals surface area (Å²) in [5, 5.41) is 0. The van der Waals surface area contributed by atoms with Gasteiger partial charge in [-0.15, -0.1) is 0 Å². The van der Waals surface area contributed by atoms with Crippen LogP contribution in [-0.2, 0) is 0 Å². The molecule has 0 heterocycles. The van der Waals surface area contributed by atoms with Crippen LogP contribution in [-0.4, -0.2) is 75.9 Å². The van der Waals surface area contributed by atoms with Crippen LogP contribution in [0.2, 0.25) is 0 Å². The van der Waals surface area contributed by atoms with Crippen LogP contribution in [0.4, 0.5) is 0 Å². The van der Waals surface area contributed by atoms with Crippen molar-refractivity contribution in [2.24, 2.45) is 0 Å². The van der Waals surface area contributed by atoms with E-state index in [9.17, 15) is 9.59 Å². The molecule has 162 valence electrons. The highest BCUT2D eigenvalue weighted by Crippen LogP contribution is 2.24. The number of ether oxygens (including phenoxy) is 2. The smallest absolute Gasteiger partial charge is 0.237 e. The van der Waals surface area contributed by atoms with Gasteiger partial charge in [0.15, 0.2) is 0 Å². The third kappa shape index (κ3) is 7.28. The molecule has 2 aromatic carbocycles. The second-order valence-corrected chi connectivity index (χ2v) is 7.66. The van der Waals surface area contributed by atoms with Gasteiger partial charge in [-0.25, -0.2) is 0 Å². The third-order valence-electron chi connectivity index (χ3n) is 4.48. The summed E-state index contributed by atoms with van der Waals surface area (Å²) in [4.78, 5) is 30.1. The SMILES string of the molecule is CN(C)CCCOc1ccccc1C(=O)C(=O)c1ccccc1OCCCN(C)C. The first kappa shape index (κ1) is 23.6. The zero-order valence-corrected chi connectivity index (χ0v) is 18.4. The number of benzene rings is 2. The van der Waals surface area contributed by atoms with Crippen LogP contribution in [0.25, 0.3) is 0 Å². The van der Waals surface area contributed by atoms with Crippen molar-refractivity contribution in [2.75, 3.05) is 54.5 Å². The maximum Gasteiger partial charge on any atom is 0.237 e. The molecular formula is C24H32N2O4. The zero-order valence-electron chi connectivity index (χ0n) is 18.4. The van der Waals surface area contributed by atoms with Crippen LogP contribution in [0.5, 0.6) is 11.5 Å². The Morgan fingerprint density at radius 1 is 0.667 bits per heavy atom. The number of rotatable bonds is 13. The Hall–Kier alpha value is -2.70. The third-order valence-corrected chi connectivity index (χ3v) is 4.48. The van der Waals surface area contributed by atoms with E-state index in [1.54, 1.807) is 48.5 Å². The lowest BCUT2D eigenvalue weighted by atomic mass is 10.00. The molecule has 0 aliphatic rings. The van der Waals surface area contributed by atoms with Crippen LogP contribution in [0.15, 0.2) is 48.5 Å². The number of carbonyl (C=O) groups is 2. The topological polar surface area (TPSA) is 59.1 Å². The Morgan fingerprint density at radius 3 is 1.40 bits per heavy atom. The van der Waals surface area contributed by atoms with Gasteiger partial charge in [0.2, 0.25) is 11.6 Å². The van der Waals surface area contributed by atoms with Gasteiger partial charge in [0.1, 0.15) is 11.5 Å². The van der Waals surface area contributed by atoms with E-state index in [0.29, 0.717) is 24.7 Å². The normalized spacial score (nSPS) is 11.0. The van der Waals surface area contributed by atoms with Crippen LogP contribution in [0.3, 0.4) is 0 Å². The molecule has 0 radical (unpaired) electrons. The first-order valence-corrected chi connectivity index (χ1v) is 10.2. The number of para-hydroxylation sites is 2. The van der Waals surface area contributed by atoms with Crippen molar-refractivity contribution < 1.29 is 19.1 Å². The van der Waals surface area contributed by atoms with Crippen LogP contribution in [0, 0.1) is 0 Å². The van der Waals surface area contributed by atoms with Crippen molar-refractivity contribution in [3.8, 4) is 11.5 Å². The molecular weight excluding hydrogens is 380 g/mol. The number of carbonyl (C=O) groups excluding carboxylic acids is 2. The summed E-state index contributed by atoms with van der Waals surface area (Å²) in [6.45, 7) is 2.71. The van der Waals surface area contributed by atoms with Gasteiger partial charge in [0.25, 0.3) is 0 Å². The maximum absolute atomic E-state index is 13.0. The Morgan fingerprint density at radius 2 is 1.03 bits per heavy atom. The fourth-order valence-corrected chi connectivity index (χ4v) is 2.93. The largest absolute Gasteiger partial charge is 0.493 e. The molecule has 0 N–H and O–H groups in total. The molecule has 6 nitrogen and oxygen atoms in total. The first-order chi connectivity index (χ1) is 14.4. The molecule has 0 bridgehead atoms. The molecule has 0 saturated carbocycles. The lowest BCUT2D eigenvalue weighted by Gasteiger charge is -2.14. The molecule has 0 aliphatic carbocycles. The Labute approximate surface area is 179 Å². The summed E-state index contributed by atoms with van der Waals surface area (Å²) >= 11 is 0. The lowest BCUT2D eigenvalue weighted by Crippen LogP contribution is -2.19. The number of Topliss-reactive ketones (excluding diaryl/α,β-unsaturated/α-hetero) is 2. The molecule has 0 unspecified atom stereocenters. The van der Waals surface area contributed by atoms with Crippen molar-refractivity contribution in [3.63, 3.8) is 0 Å². The van der Waals surface area contributed by atoms with Gasteiger partial charge < -0.3 is 19.3 Å². The van der Waals surface area contributed by atoms with Crippen LogP contribution in [0.1, 0.15) is 33.6 Å². The van der Waals surface area contributed by atoms with Gasteiger partial charge in [-0.05, 0) is 65.3 Å². The van der Waals surface area contributed by atoms with Gasteiger partial charge in [-0.3, -0.25) is 9.59 Å². The summed E-state index contributed by atoms with van der Waals surface area (Å²) in [7, 11) is 7.98. The van der Waals surface area contributed by atoms with E-state index < -0.39 is 11.6 Å². The Balaban J connectivity index is 2.10. The molecule has 6 heteroatoms. The molecule has 0 saturated heterocycles. The molecule has 0 amide bonds. The van der Waals surface area contributed by atoms with Crippen molar-refractivity contribution in [3.05, 3.63) is 59.7 Å². The highest BCUT2D eigenvalue weighted by atomic mass is 16.5. The molecule has 0 atom stereocenters. The molecule has 0 aliphatic heterocycles. The van der Waals surface area contributed by atoms with Crippen molar-refractivity contribution >= 4 is 11.6 Å². The number of hydrogen-bond acceptors (Lipinski definition) is 6. The van der Waals surface area contributed by atoms with Crippen molar-refractivity contribution in [2.45, 2.75) is 12.8 Å². The maximum atomic E-state index is 13.0.